The van der Waals surface area contributed by atoms with Crippen LogP contribution in [-0.2, 0) is 17.8 Å². The van der Waals surface area contributed by atoms with Gasteiger partial charge < -0.3 is 4.90 Å². The van der Waals surface area contributed by atoms with E-state index in [2.05, 4.69) is 9.97 Å². The highest BCUT2D eigenvalue weighted by atomic mass is 16.2. The normalized spacial score (nSPS) is 18.0. The highest BCUT2D eigenvalue weighted by molar-refractivity contribution is 6.00. The third-order valence-corrected chi connectivity index (χ3v) is 6.13. The number of carbonyl (C=O) groups is 2. The fraction of sp³-hybridized carbons (Fsp3) is 0.333. The molecule has 162 valence electrons. The lowest BCUT2D eigenvalue weighted by molar-refractivity contribution is -0.117. The van der Waals surface area contributed by atoms with Gasteiger partial charge in [-0.3, -0.25) is 19.5 Å². The van der Waals surface area contributed by atoms with E-state index >= 15 is 0 Å². The lowest BCUT2D eigenvalue weighted by atomic mass is 9.96. The molecule has 2 aromatic heterocycles. The number of carbonyl (C=O) groups excluding carboxylic acids is 2. The number of benzene rings is 1. The Balaban J connectivity index is 1.41. The van der Waals surface area contributed by atoms with Gasteiger partial charge in [0.25, 0.3) is 5.91 Å². The van der Waals surface area contributed by atoms with Crippen LogP contribution in [0.3, 0.4) is 0 Å². The summed E-state index contributed by atoms with van der Waals surface area (Å²) in [7, 11) is 0. The molecule has 0 aliphatic carbocycles. The van der Waals surface area contributed by atoms with Gasteiger partial charge in [0.1, 0.15) is 17.3 Å². The summed E-state index contributed by atoms with van der Waals surface area (Å²) in [5.74, 6) is 1.34. The van der Waals surface area contributed by atoms with Gasteiger partial charge in [-0.05, 0) is 25.3 Å². The van der Waals surface area contributed by atoms with Gasteiger partial charge in [0.2, 0.25) is 5.91 Å². The van der Waals surface area contributed by atoms with E-state index in [4.69, 9.17) is 9.97 Å². The average Bonchev–Trinajstić information content (AvgIpc) is 3.15. The molecule has 0 unspecified atom stereocenters. The second-order valence-electron chi connectivity index (χ2n) is 8.29. The Morgan fingerprint density at radius 1 is 1.16 bits per heavy atom. The third kappa shape index (κ3) is 3.84. The van der Waals surface area contributed by atoms with E-state index < -0.39 is 0 Å². The first-order valence-corrected chi connectivity index (χ1v) is 10.9. The number of hydrogen-bond donors (Lipinski definition) is 0. The molecule has 1 aromatic carbocycles. The second kappa shape index (κ2) is 8.45. The van der Waals surface area contributed by atoms with Crippen molar-refractivity contribution in [3.05, 3.63) is 77.3 Å². The molecule has 0 spiro atoms. The Morgan fingerprint density at radius 2 is 2.00 bits per heavy atom. The largest absolute Gasteiger partial charge is 0.337 e. The molecule has 1 saturated heterocycles. The van der Waals surface area contributed by atoms with Crippen LogP contribution in [0.15, 0.2) is 48.9 Å². The van der Waals surface area contributed by atoms with Crippen molar-refractivity contribution >= 4 is 17.6 Å². The predicted octanol–water partition coefficient (Wildman–Crippen LogP) is 2.68. The standard InChI is InChI=1S/C24H24N6O2/c1-16-19-12-21(31)30(14-17-6-3-2-4-7-17)23(19)28-22(27-16)18-8-5-11-29(15-18)24(32)20-13-25-9-10-26-20/h2-4,6-7,9-10,13,18H,5,8,11-12,14-15H2,1H3/t18-/m0/s1. The smallest absolute Gasteiger partial charge is 0.274 e. The summed E-state index contributed by atoms with van der Waals surface area (Å²) in [6.45, 7) is 3.63. The zero-order valence-corrected chi connectivity index (χ0v) is 17.9. The van der Waals surface area contributed by atoms with E-state index in [0.29, 0.717) is 43.4 Å². The Morgan fingerprint density at radius 3 is 2.78 bits per heavy atom. The first-order chi connectivity index (χ1) is 15.6. The van der Waals surface area contributed by atoms with E-state index in [-0.39, 0.29) is 17.7 Å². The van der Waals surface area contributed by atoms with E-state index in [9.17, 15) is 9.59 Å². The number of rotatable bonds is 4. The van der Waals surface area contributed by atoms with Crippen LogP contribution in [-0.4, -0.2) is 49.7 Å². The summed E-state index contributed by atoms with van der Waals surface area (Å²) in [6.07, 6.45) is 6.67. The minimum absolute atomic E-state index is 0.0163. The molecule has 2 aliphatic rings. The van der Waals surface area contributed by atoms with Crippen LogP contribution in [0.2, 0.25) is 0 Å². The molecule has 0 N–H and O–H groups in total. The average molecular weight is 428 g/mol. The van der Waals surface area contributed by atoms with Gasteiger partial charge in [0.15, 0.2) is 0 Å². The van der Waals surface area contributed by atoms with E-state index in [0.717, 1.165) is 29.7 Å². The number of anilines is 1. The molecular formula is C24H24N6O2. The minimum atomic E-state index is -0.124. The Bertz CT molecular complexity index is 1150. The molecule has 0 radical (unpaired) electrons. The molecule has 8 nitrogen and oxygen atoms in total. The van der Waals surface area contributed by atoms with Crippen LogP contribution in [0.4, 0.5) is 5.82 Å². The number of piperidine rings is 1. The zero-order valence-electron chi connectivity index (χ0n) is 17.9. The highest BCUT2D eigenvalue weighted by Crippen LogP contribution is 2.33. The van der Waals surface area contributed by atoms with Gasteiger partial charge in [-0.2, -0.15) is 0 Å². The topological polar surface area (TPSA) is 92.2 Å². The van der Waals surface area contributed by atoms with E-state index in [1.807, 2.05) is 37.3 Å². The fourth-order valence-electron chi connectivity index (χ4n) is 4.45. The second-order valence-corrected chi connectivity index (χ2v) is 8.29. The molecule has 3 aromatic rings. The molecule has 4 heterocycles. The van der Waals surface area contributed by atoms with Crippen molar-refractivity contribution < 1.29 is 9.59 Å². The summed E-state index contributed by atoms with van der Waals surface area (Å²) in [6, 6.07) is 9.93. The highest BCUT2D eigenvalue weighted by Gasteiger charge is 2.34. The molecule has 1 fully saturated rings. The van der Waals surface area contributed by atoms with Gasteiger partial charge in [-0.15, -0.1) is 0 Å². The van der Waals surface area contributed by atoms with Crippen LogP contribution in [0, 0.1) is 6.92 Å². The van der Waals surface area contributed by atoms with Gasteiger partial charge in [-0.25, -0.2) is 15.0 Å². The van der Waals surface area contributed by atoms with Gasteiger partial charge in [-0.1, -0.05) is 30.3 Å². The predicted molar refractivity (Wildman–Crippen MR) is 118 cm³/mol. The monoisotopic (exact) mass is 428 g/mol. The maximum Gasteiger partial charge on any atom is 0.274 e. The quantitative estimate of drug-likeness (QED) is 0.634. The number of likely N-dealkylation sites (tertiary alicyclic amines) is 1. The summed E-state index contributed by atoms with van der Waals surface area (Å²) in [4.78, 5) is 46.9. The van der Waals surface area contributed by atoms with Gasteiger partial charge in [0, 0.05) is 42.7 Å². The molecule has 2 amide bonds. The van der Waals surface area contributed by atoms with E-state index in [1.54, 1.807) is 16.0 Å². The number of amides is 2. The number of fused-ring (bicyclic) bond motifs is 1. The van der Waals surface area contributed by atoms with Crippen LogP contribution < -0.4 is 4.90 Å². The molecule has 5 rings (SSSR count). The Kier molecular flexibility index (Phi) is 5.34. The molecule has 0 bridgehead atoms. The number of aromatic nitrogens is 4. The van der Waals surface area contributed by atoms with Crippen molar-refractivity contribution in [1.82, 2.24) is 24.8 Å². The summed E-state index contributed by atoms with van der Waals surface area (Å²) in [5.41, 5.74) is 3.15. The number of aryl methyl sites for hydroxylation is 1. The Labute approximate surface area is 186 Å². The van der Waals surface area contributed by atoms with Crippen LogP contribution >= 0.6 is 0 Å². The lowest BCUT2D eigenvalue weighted by Gasteiger charge is -2.32. The fourth-order valence-corrected chi connectivity index (χ4v) is 4.45. The van der Waals surface area contributed by atoms with Crippen molar-refractivity contribution in [2.75, 3.05) is 18.0 Å². The SMILES string of the molecule is Cc1nc([C@H]2CCCN(C(=O)c3cnccn3)C2)nc2c1CC(=O)N2Cc1ccccc1. The molecule has 32 heavy (non-hydrogen) atoms. The van der Waals surface area contributed by atoms with Crippen molar-refractivity contribution in [2.45, 2.75) is 38.6 Å². The minimum Gasteiger partial charge on any atom is -0.337 e. The molecule has 8 heteroatoms. The molecule has 1 atom stereocenters. The van der Waals surface area contributed by atoms with Crippen LogP contribution in [0.1, 0.15) is 51.9 Å². The van der Waals surface area contributed by atoms with Crippen molar-refractivity contribution in [3.8, 4) is 0 Å². The van der Waals surface area contributed by atoms with Crippen molar-refractivity contribution in [1.29, 1.82) is 0 Å². The summed E-state index contributed by atoms with van der Waals surface area (Å²) < 4.78 is 0. The first-order valence-electron chi connectivity index (χ1n) is 10.9. The summed E-state index contributed by atoms with van der Waals surface area (Å²) in [5, 5.41) is 0. The number of nitrogens with zero attached hydrogens (tertiary/aromatic N) is 6. The number of hydrogen-bond acceptors (Lipinski definition) is 6. The van der Waals surface area contributed by atoms with Crippen molar-refractivity contribution in [3.63, 3.8) is 0 Å². The zero-order chi connectivity index (χ0) is 22.1. The van der Waals surface area contributed by atoms with Crippen LogP contribution in [0.5, 0.6) is 0 Å². The molecule has 2 aliphatic heterocycles. The molecule has 0 saturated carbocycles. The first kappa shape index (κ1) is 20.2. The maximum absolute atomic E-state index is 12.9. The lowest BCUT2D eigenvalue weighted by Crippen LogP contribution is -2.40. The maximum atomic E-state index is 12.9. The summed E-state index contributed by atoms with van der Waals surface area (Å²) >= 11 is 0. The van der Waals surface area contributed by atoms with Gasteiger partial charge >= 0.3 is 0 Å². The third-order valence-electron chi connectivity index (χ3n) is 6.13. The Hall–Kier alpha value is -3.68. The van der Waals surface area contributed by atoms with Crippen LogP contribution in [0.25, 0.3) is 0 Å². The van der Waals surface area contributed by atoms with Gasteiger partial charge in [0.05, 0.1) is 19.2 Å². The van der Waals surface area contributed by atoms with Crippen molar-refractivity contribution in [2.24, 2.45) is 0 Å². The van der Waals surface area contributed by atoms with E-state index in [1.165, 1.54) is 12.4 Å². The molecular weight excluding hydrogens is 404 g/mol.